The first kappa shape index (κ1) is 14.2. The van der Waals surface area contributed by atoms with E-state index < -0.39 is 0 Å². The minimum absolute atomic E-state index is 0.0686. The molecule has 1 aliphatic heterocycles. The Morgan fingerprint density at radius 1 is 1.30 bits per heavy atom. The lowest BCUT2D eigenvalue weighted by Gasteiger charge is -2.21. The van der Waals surface area contributed by atoms with Crippen LogP contribution in [-0.4, -0.2) is 50.6 Å². The quantitative estimate of drug-likeness (QED) is 0.882. The Morgan fingerprint density at radius 2 is 2.10 bits per heavy atom. The number of carbonyl (C=O) groups excluding carboxylic acids is 2. The summed E-state index contributed by atoms with van der Waals surface area (Å²) in [5, 5.41) is 2.74. The van der Waals surface area contributed by atoms with Crippen LogP contribution in [0.15, 0.2) is 18.2 Å². The molecule has 6 heteroatoms. The van der Waals surface area contributed by atoms with Gasteiger partial charge < -0.3 is 19.7 Å². The molecule has 0 saturated carbocycles. The van der Waals surface area contributed by atoms with Crippen LogP contribution in [0.4, 0.5) is 0 Å². The second kappa shape index (κ2) is 6.27. The van der Waals surface area contributed by atoms with Crippen LogP contribution in [0, 0.1) is 0 Å². The van der Waals surface area contributed by atoms with Gasteiger partial charge in [0, 0.05) is 13.1 Å². The molecule has 0 radical (unpaired) electrons. The minimum atomic E-state index is -0.224. The van der Waals surface area contributed by atoms with Gasteiger partial charge in [0.05, 0.1) is 26.3 Å². The Kier molecular flexibility index (Phi) is 4.45. The largest absolute Gasteiger partial charge is 0.493 e. The zero-order chi connectivity index (χ0) is 14.5. The Morgan fingerprint density at radius 3 is 2.80 bits per heavy atom. The number of para-hydroxylation sites is 1. The molecule has 2 amide bonds. The molecule has 0 atom stereocenters. The SMILES string of the molecule is COc1cccc(C(=O)N2CCCNC(=O)C2)c1OC. The molecular formula is C14H18N2O4. The second-order valence-corrected chi connectivity index (χ2v) is 4.47. The molecule has 2 rings (SSSR count). The van der Waals surface area contributed by atoms with Crippen molar-refractivity contribution in [2.45, 2.75) is 6.42 Å². The van der Waals surface area contributed by atoms with Crippen molar-refractivity contribution >= 4 is 11.8 Å². The molecule has 0 aromatic heterocycles. The van der Waals surface area contributed by atoms with Crippen molar-refractivity contribution in [3.05, 3.63) is 23.8 Å². The van der Waals surface area contributed by atoms with Crippen molar-refractivity contribution in [2.24, 2.45) is 0 Å². The smallest absolute Gasteiger partial charge is 0.258 e. The maximum absolute atomic E-state index is 12.6. The van der Waals surface area contributed by atoms with Crippen molar-refractivity contribution in [1.82, 2.24) is 10.2 Å². The van der Waals surface area contributed by atoms with E-state index in [4.69, 9.17) is 9.47 Å². The van der Waals surface area contributed by atoms with Gasteiger partial charge in [0.25, 0.3) is 5.91 Å². The second-order valence-electron chi connectivity index (χ2n) is 4.47. The third-order valence-electron chi connectivity index (χ3n) is 3.18. The van der Waals surface area contributed by atoms with E-state index in [0.717, 1.165) is 6.42 Å². The number of benzene rings is 1. The van der Waals surface area contributed by atoms with Crippen LogP contribution >= 0.6 is 0 Å². The van der Waals surface area contributed by atoms with Crippen molar-refractivity contribution in [1.29, 1.82) is 0 Å². The predicted molar refractivity (Wildman–Crippen MR) is 73.1 cm³/mol. The fraction of sp³-hybridized carbons (Fsp3) is 0.429. The lowest BCUT2D eigenvalue weighted by atomic mass is 10.1. The zero-order valence-electron chi connectivity index (χ0n) is 11.6. The molecule has 1 fully saturated rings. The molecule has 1 saturated heterocycles. The van der Waals surface area contributed by atoms with E-state index in [0.29, 0.717) is 30.2 Å². The monoisotopic (exact) mass is 278 g/mol. The number of nitrogens with one attached hydrogen (secondary N) is 1. The van der Waals surface area contributed by atoms with E-state index >= 15 is 0 Å². The first-order chi connectivity index (χ1) is 9.67. The number of carbonyl (C=O) groups is 2. The van der Waals surface area contributed by atoms with Crippen molar-refractivity contribution in [3.63, 3.8) is 0 Å². The summed E-state index contributed by atoms with van der Waals surface area (Å²) < 4.78 is 10.4. The van der Waals surface area contributed by atoms with Gasteiger partial charge in [-0.05, 0) is 18.6 Å². The van der Waals surface area contributed by atoms with Crippen LogP contribution in [0.3, 0.4) is 0 Å². The van der Waals surface area contributed by atoms with Gasteiger partial charge in [-0.25, -0.2) is 0 Å². The van der Waals surface area contributed by atoms with Crippen LogP contribution in [0.1, 0.15) is 16.8 Å². The molecule has 0 bridgehead atoms. The van der Waals surface area contributed by atoms with E-state index in [9.17, 15) is 9.59 Å². The van der Waals surface area contributed by atoms with Crippen molar-refractivity contribution in [3.8, 4) is 11.5 Å². The van der Waals surface area contributed by atoms with Gasteiger partial charge in [-0.15, -0.1) is 0 Å². The number of hydrogen-bond acceptors (Lipinski definition) is 4. The number of hydrogen-bond donors (Lipinski definition) is 1. The topological polar surface area (TPSA) is 67.9 Å². The highest BCUT2D eigenvalue weighted by molar-refractivity contribution is 5.99. The standard InChI is InChI=1S/C14H18N2O4/c1-19-11-6-3-5-10(13(11)20-2)14(18)16-8-4-7-15-12(17)9-16/h3,5-6H,4,7-9H2,1-2H3,(H,15,17). The summed E-state index contributed by atoms with van der Waals surface area (Å²) in [6.45, 7) is 1.20. The molecule has 0 unspecified atom stereocenters. The van der Waals surface area contributed by atoms with Gasteiger partial charge in [-0.3, -0.25) is 9.59 Å². The number of ether oxygens (including phenoxy) is 2. The molecule has 1 aromatic rings. The van der Waals surface area contributed by atoms with Crippen LogP contribution in [0.25, 0.3) is 0 Å². The number of amides is 2. The molecule has 0 spiro atoms. The molecular weight excluding hydrogens is 260 g/mol. The predicted octanol–water partition coefficient (Wildman–Crippen LogP) is 0.666. The molecule has 108 valence electrons. The van der Waals surface area contributed by atoms with Gasteiger partial charge in [0.1, 0.15) is 0 Å². The number of rotatable bonds is 3. The average Bonchev–Trinajstić information content (AvgIpc) is 2.70. The fourth-order valence-corrected chi connectivity index (χ4v) is 2.21. The van der Waals surface area contributed by atoms with Gasteiger partial charge in [-0.1, -0.05) is 6.07 Å². The van der Waals surface area contributed by atoms with Gasteiger partial charge in [0.2, 0.25) is 5.91 Å². The van der Waals surface area contributed by atoms with E-state index in [2.05, 4.69) is 5.32 Å². The molecule has 1 aliphatic rings. The first-order valence-corrected chi connectivity index (χ1v) is 6.44. The van der Waals surface area contributed by atoms with Crippen molar-refractivity contribution < 1.29 is 19.1 Å². The number of methoxy groups -OCH3 is 2. The Balaban J connectivity index is 2.30. The Labute approximate surface area is 117 Å². The van der Waals surface area contributed by atoms with E-state index in [1.807, 2.05) is 0 Å². The Hall–Kier alpha value is -2.24. The molecule has 1 aromatic carbocycles. The van der Waals surface area contributed by atoms with Gasteiger partial charge in [0.15, 0.2) is 11.5 Å². The Bertz CT molecular complexity index is 516. The molecule has 1 heterocycles. The fourth-order valence-electron chi connectivity index (χ4n) is 2.21. The maximum Gasteiger partial charge on any atom is 0.258 e. The van der Waals surface area contributed by atoms with Crippen LogP contribution in [0.2, 0.25) is 0 Å². The minimum Gasteiger partial charge on any atom is -0.493 e. The summed E-state index contributed by atoms with van der Waals surface area (Å²) in [4.78, 5) is 25.6. The summed E-state index contributed by atoms with van der Waals surface area (Å²) >= 11 is 0. The summed E-state index contributed by atoms with van der Waals surface area (Å²) in [7, 11) is 3.01. The van der Waals surface area contributed by atoms with Gasteiger partial charge in [-0.2, -0.15) is 0 Å². The average molecular weight is 278 g/mol. The summed E-state index contributed by atoms with van der Waals surface area (Å²) in [6.07, 6.45) is 0.740. The summed E-state index contributed by atoms with van der Waals surface area (Å²) in [5.74, 6) is 0.526. The molecule has 0 aliphatic carbocycles. The lowest BCUT2D eigenvalue weighted by molar-refractivity contribution is -0.121. The van der Waals surface area contributed by atoms with Crippen molar-refractivity contribution in [2.75, 3.05) is 33.9 Å². The van der Waals surface area contributed by atoms with Crippen LogP contribution in [-0.2, 0) is 4.79 Å². The lowest BCUT2D eigenvalue weighted by Crippen LogP contribution is -2.37. The molecule has 6 nitrogen and oxygen atoms in total. The van der Waals surface area contributed by atoms with E-state index in [-0.39, 0.29) is 18.4 Å². The van der Waals surface area contributed by atoms with Gasteiger partial charge >= 0.3 is 0 Å². The third kappa shape index (κ3) is 2.84. The highest BCUT2D eigenvalue weighted by atomic mass is 16.5. The third-order valence-corrected chi connectivity index (χ3v) is 3.18. The maximum atomic E-state index is 12.6. The van der Waals surface area contributed by atoms with E-state index in [1.54, 1.807) is 18.2 Å². The number of nitrogens with zero attached hydrogens (tertiary/aromatic N) is 1. The summed E-state index contributed by atoms with van der Waals surface area (Å²) in [6, 6.07) is 5.13. The molecule has 20 heavy (non-hydrogen) atoms. The van der Waals surface area contributed by atoms with Crippen LogP contribution < -0.4 is 14.8 Å². The normalized spacial score (nSPS) is 15.3. The molecule has 1 N–H and O–H groups in total. The first-order valence-electron chi connectivity index (χ1n) is 6.44. The summed E-state index contributed by atoms with van der Waals surface area (Å²) in [5.41, 5.74) is 0.404. The highest BCUT2D eigenvalue weighted by Gasteiger charge is 2.24. The zero-order valence-corrected chi connectivity index (χ0v) is 11.6. The highest BCUT2D eigenvalue weighted by Crippen LogP contribution is 2.31. The van der Waals surface area contributed by atoms with Crippen LogP contribution in [0.5, 0.6) is 11.5 Å². The van der Waals surface area contributed by atoms with E-state index in [1.165, 1.54) is 19.1 Å².